The van der Waals surface area contributed by atoms with Gasteiger partial charge in [-0.2, -0.15) is 0 Å². The molecular formula is C10H14O2. The molecule has 0 unspecified atom stereocenters. The molecule has 0 aromatic carbocycles. The molecule has 0 radical (unpaired) electrons. The van der Waals surface area contributed by atoms with Crippen molar-refractivity contribution < 1.29 is 9.21 Å². The first-order valence-electron chi connectivity index (χ1n) is 4.04. The van der Waals surface area contributed by atoms with Crippen molar-refractivity contribution in [3.8, 4) is 0 Å². The van der Waals surface area contributed by atoms with Crippen LogP contribution in [0.2, 0.25) is 0 Å². The molecule has 2 nitrogen and oxygen atoms in total. The van der Waals surface area contributed by atoms with E-state index in [1.807, 2.05) is 26.8 Å². The number of hydrogen-bond donors (Lipinski definition) is 0. The summed E-state index contributed by atoms with van der Waals surface area (Å²) in [5.41, 5.74) is 0.701. The zero-order valence-corrected chi connectivity index (χ0v) is 7.76. The Bertz CT molecular complexity index is 252. The summed E-state index contributed by atoms with van der Waals surface area (Å²) in [6.07, 6.45) is 3.68. The van der Waals surface area contributed by atoms with Crippen molar-refractivity contribution in [2.75, 3.05) is 0 Å². The minimum Gasteiger partial charge on any atom is -0.472 e. The van der Waals surface area contributed by atoms with Crippen LogP contribution in [0.3, 0.4) is 0 Å². The van der Waals surface area contributed by atoms with Crippen LogP contribution in [-0.4, -0.2) is 5.78 Å². The Morgan fingerprint density at radius 3 is 2.58 bits per heavy atom. The van der Waals surface area contributed by atoms with E-state index in [1.54, 1.807) is 12.5 Å². The van der Waals surface area contributed by atoms with Gasteiger partial charge < -0.3 is 4.42 Å². The lowest BCUT2D eigenvalue weighted by atomic mass is 9.88. The summed E-state index contributed by atoms with van der Waals surface area (Å²) in [7, 11) is 0. The van der Waals surface area contributed by atoms with Crippen molar-refractivity contribution in [1.82, 2.24) is 0 Å². The number of hydrogen-bond acceptors (Lipinski definition) is 2. The van der Waals surface area contributed by atoms with E-state index in [-0.39, 0.29) is 11.2 Å². The Kier molecular flexibility index (Phi) is 2.36. The monoisotopic (exact) mass is 166 g/mol. The third kappa shape index (κ3) is 2.22. The van der Waals surface area contributed by atoms with E-state index in [1.165, 1.54) is 0 Å². The normalized spacial score (nSPS) is 11.6. The third-order valence-electron chi connectivity index (χ3n) is 1.78. The lowest BCUT2D eigenvalue weighted by molar-refractivity contribution is -0.125. The highest BCUT2D eigenvalue weighted by atomic mass is 16.3. The molecule has 0 bridgehead atoms. The molecule has 0 aliphatic rings. The first-order chi connectivity index (χ1) is 5.50. The smallest absolute Gasteiger partial charge is 0.142 e. The van der Waals surface area contributed by atoms with Gasteiger partial charge in [0.05, 0.1) is 12.5 Å². The summed E-state index contributed by atoms with van der Waals surface area (Å²) < 4.78 is 4.88. The highest BCUT2D eigenvalue weighted by molar-refractivity contribution is 5.85. The van der Waals surface area contributed by atoms with Gasteiger partial charge in [0.25, 0.3) is 0 Å². The fourth-order valence-corrected chi connectivity index (χ4v) is 0.844. The van der Waals surface area contributed by atoms with Crippen LogP contribution in [0.25, 0.3) is 0 Å². The highest BCUT2D eigenvalue weighted by Crippen LogP contribution is 2.17. The van der Waals surface area contributed by atoms with E-state index in [0.717, 1.165) is 5.56 Å². The van der Waals surface area contributed by atoms with Crippen molar-refractivity contribution in [3.63, 3.8) is 0 Å². The van der Waals surface area contributed by atoms with Crippen LogP contribution in [0, 0.1) is 5.41 Å². The Hall–Kier alpha value is -1.05. The first kappa shape index (κ1) is 9.04. The van der Waals surface area contributed by atoms with Crippen molar-refractivity contribution in [3.05, 3.63) is 24.2 Å². The van der Waals surface area contributed by atoms with Crippen molar-refractivity contribution in [2.24, 2.45) is 5.41 Å². The van der Waals surface area contributed by atoms with Crippen LogP contribution in [0.5, 0.6) is 0 Å². The van der Waals surface area contributed by atoms with Crippen LogP contribution in [0.15, 0.2) is 23.0 Å². The number of carbonyl (C=O) groups is 1. The average molecular weight is 166 g/mol. The van der Waals surface area contributed by atoms with Crippen LogP contribution in [0.1, 0.15) is 26.3 Å². The predicted molar refractivity (Wildman–Crippen MR) is 46.9 cm³/mol. The van der Waals surface area contributed by atoms with E-state index in [0.29, 0.717) is 6.42 Å². The van der Waals surface area contributed by atoms with E-state index in [9.17, 15) is 4.79 Å². The van der Waals surface area contributed by atoms with Gasteiger partial charge in [0.2, 0.25) is 0 Å². The Labute approximate surface area is 72.6 Å². The summed E-state index contributed by atoms with van der Waals surface area (Å²) >= 11 is 0. The summed E-state index contributed by atoms with van der Waals surface area (Å²) in [5.74, 6) is 0.240. The van der Waals surface area contributed by atoms with E-state index in [4.69, 9.17) is 4.42 Å². The predicted octanol–water partition coefficient (Wildman–Crippen LogP) is 2.44. The lowest BCUT2D eigenvalue weighted by Gasteiger charge is -2.15. The molecule has 0 aliphatic carbocycles. The van der Waals surface area contributed by atoms with Crippen LogP contribution in [0.4, 0.5) is 0 Å². The number of rotatable bonds is 2. The maximum absolute atomic E-state index is 11.5. The van der Waals surface area contributed by atoms with E-state index < -0.39 is 0 Å². The number of carbonyl (C=O) groups excluding carboxylic acids is 1. The van der Waals surface area contributed by atoms with E-state index in [2.05, 4.69) is 0 Å². The maximum atomic E-state index is 11.5. The second kappa shape index (κ2) is 3.13. The summed E-state index contributed by atoms with van der Waals surface area (Å²) in [6.45, 7) is 5.78. The number of ketones is 1. The Balaban J connectivity index is 2.60. The lowest BCUT2D eigenvalue weighted by Crippen LogP contribution is -2.21. The quantitative estimate of drug-likeness (QED) is 0.675. The minimum absolute atomic E-state index is 0.240. The van der Waals surface area contributed by atoms with Crippen LogP contribution >= 0.6 is 0 Å². The number of furan rings is 1. The zero-order chi connectivity index (χ0) is 9.19. The molecule has 0 aliphatic heterocycles. The first-order valence-corrected chi connectivity index (χ1v) is 4.04. The largest absolute Gasteiger partial charge is 0.472 e. The third-order valence-corrected chi connectivity index (χ3v) is 1.78. The van der Waals surface area contributed by atoms with Crippen molar-refractivity contribution >= 4 is 5.78 Å². The van der Waals surface area contributed by atoms with Gasteiger partial charge in [0.15, 0.2) is 0 Å². The van der Waals surface area contributed by atoms with Gasteiger partial charge in [-0.3, -0.25) is 4.79 Å². The van der Waals surface area contributed by atoms with Gasteiger partial charge in [-0.25, -0.2) is 0 Å². The maximum Gasteiger partial charge on any atom is 0.142 e. The molecule has 1 heterocycles. The van der Waals surface area contributed by atoms with E-state index >= 15 is 0 Å². The highest BCUT2D eigenvalue weighted by Gasteiger charge is 2.21. The fraction of sp³-hybridized carbons (Fsp3) is 0.500. The van der Waals surface area contributed by atoms with Gasteiger partial charge in [0, 0.05) is 11.8 Å². The van der Waals surface area contributed by atoms with Crippen LogP contribution < -0.4 is 0 Å². The van der Waals surface area contributed by atoms with Gasteiger partial charge in [-0.15, -0.1) is 0 Å². The summed E-state index contributed by atoms with van der Waals surface area (Å²) in [6, 6.07) is 1.82. The zero-order valence-electron chi connectivity index (χ0n) is 7.76. The van der Waals surface area contributed by atoms with Crippen LogP contribution in [-0.2, 0) is 11.2 Å². The van der Waals surface area contributed by atoms with Gasteiger partial charge >= 0.3 is 0 Å². The molecule has 0 fully saturated rings. The molecule has 0 atom stereocenters. The van der Waals surface area contributed by atoms with Crippen molar-refractivity contribution in [2.45, 2.75) is 27.2 Å². The molecule has 0 saturated carbocycles. The topological polar surface area (TPSA) is 30.2 Å². The molecule has 0 saturated heterocycles. The van der Waals surface area contributed by atoms with Gasteiger partial charge in [0.1, 0.15) is 5.78 Å². The molecule has 66 valence electrons. The number of Topliss-reactive ketones (excluding diaryl/α,β-unsaturated/α-hetero) is 1. The molecular weight excluding hydrogens is 152 g/mol. The van der Waals surface area contributed by atoms with Crippen molar-refractivity contribution in [1.29, 1.82) is 0 Å². The molecule has 0 amide bonds. The molecule has 0 spiro atoms. The Morgan fingerprint density at radius 2 is 2.17 bits per heavy atom. The molecule has 12 heavy (non-hydrogen) atoms. The summed E-state index contributed by atoms with van der Waals surface area (Å²) in [5, 5.41) is 0. The molecule has 0 N–H and O–H groups in total. The molecule has 1 aromatic heterocycles. The Morgan fingerprint density at radius 1 is 1.50 bits per heavy atom. The molecule has 1 rings (SSSR count). The second-order valence-corrected chi connectivity index (χ2v) is 3.98. The fourth-order valence-electron chi connectivity index (χ4n) is 0.844. The SMILES string of the molecule is CC(C)(C)C(=O)Cc1ccoc1. The second-order valence-electron chi connectivity index (χ2n) is 3.98. The molecule has 2 heteroatoms. The van der Waals surface area contributed by atoms with Gasteiger partial charge in [-0.05, 0) is 11.6 Å². The standard InChI is InChI=1S/C10H14O2/c1-10(2,3)9(11)6-8-4-5-12-7-8/h4-5,7H,6H2,1-3H3. The average Bonchev–Trinajstić information content (AvgIpc) is 2.37. The minimum atomic E-state index is -0.253. The summed E-state index contributed by atoms with van der Waals surface area (Å²) in [4.78, 5) is 11.5. The molecule has 1 aromatic rings. The van der Waals surface area contributed by atoms with Gasteiger partial charge in [-0.1, -0.05) is 20.8 Å².